The molecule has 7 nitrogen and oxygen atoms in total. The summed E-state index contributed by atoms with van der Waals surface area (Å²) in [5, 5.41) is 23.2. The highest BCUT2D eigenvalue weighted by Crippen LogP contribution is 2.46. The number of fused-ring (bicyclic) bond motifs is 1. The Kier molecular flexibility index (Phi) is 8.80. The van der Waals surface area contributed by atoms with Gasteiger partial charge in [0.25, 0.3) is 5.91 Å². The molecule has 10 heteroatoms. The third kappa shape index (κ3) is 6.09. The summed E-state index contributed by atoms with van der Waals surface area (Å²) in [6, 6.07) is 5.70. The fourth-order valence-corrected chi connectivity index (χ4v) is 5.49. The van der Waals surface area contributed by atoms with Crippen LogP contribution in [0, 0.1) is 3.95 Å². The molecule has 2 heterocycles. The Hall–Kier alpha value is -2.52. The number of nitrogens with one attached hydrogen (secondary N) is 1. The minimum absolute atomic E-state index is 0.0795. The minimum Gasteiger partial charge on any atom is -0.493 e. The summed E-state index contributed by atoms with van der Waals surface area (Å²) < 4.78 is 1.48. The topological polar surface area (TPSA) is 94.8 Å². The van der Waals surface area contributed by atoms with Crippen molar-refractivity contribution in [3.05, 3.63) is 43.4 Å². The Morgan fingerprint density at radius 1 is 1.24 bits per heavy atom. The first-order valence-corrected chi connectivity index (χ1v) is 12.9. The van der Waals surface area contributed by atoms with Crippen LogP contribution in [0.5, 0.6) is 5.88 Å². The summed E-state index contributed by atoms with van der Waals surface area (Å²) in [7, 11) is 0. The number of hydrogen-bond acceptors (Lipinski definition) is 7. The predicted octanol–water partition coefficient (Wildman–Crippen LogP) is 5.47. The van der Waals surface area contributed by atoms with Crippen LogP contribution in [0.3, 0.4) is 0 Å². The maximum atomic E-state index is 12.5. The molecular formula is C23H27N3O4S3. The number of amides is 1. The number of carbonyl (C=O) groups is 2. The lowest BCUT2D eigenvalue weighted by Gasteiger charge is -2.19. The van der Waals surface area contributed by atoms with Gasteiger partial charge in [-0.2, -0.15) is 0 Å². The van der Waals surface area contributed by atoms with Crippen LogP contribution in [0.2, 0.25) is 0 Å². The summed E-state index contributed by atoms with van der Waals surface area (Å²) >= 11 is 7.88. The van der Waals surface area contributed by atoms with Gasteiger partial charge in [0.05, 0.1) is 10.6 Å². The number of aliphatic carboxylic acids is 1. The van der Waals surface area contributed by atoms with E-state index in [1.807, 2.05) is 18.2 Å². The molecule has 33 heavy (non-hydrogen) atoms. The van der Waals surface area contributed by atoms with Crippen molar-refractivity contribution in [2.75, 3.05) is 18.0 Å². The molecule has 1 amide bonds. The molecule has 0 fully saturated rings. The van der Waals surface area contributed by atoms with Crippen LogP contribution < -0.4 is 10.2 Å². The van der Waals surface area contributed by atoms with E-state index in [1.54, 1.807) is 17.8 Å². The second kappa shape index (κ2) is 11.6. The van der Waals surface area contributed by atoms with Crippen molar-refractivity contribution in [1.29, 1.82) is 0 Å². The Labute approximate surface area is 206 Å². The fraction of sp³-hybridized carbons (Fsp3) is 0.391. The molecule has 0 radical (unpaired) electrons. The second-order valence-electron chi connectivity index (χ2n) is 7.53. The number of aromatic nitrogens is 1. The summed E-state index contributed by atoms with van der Waals surface area (Å²) in [6.45, 7) is 5.25. The number of unbranched alkanes of at least 4 members (excludes halogenated alkanes) is 2. The minimum atomic E-state index is -1.07. The molecule has 0 spiro atoms. The molecule has 0 saturated heterocycles. The Balaban J connectivity index is 1.92. The van der Waals surface area contributed by atoms with Gasteiger partial charge < -0.3 is 20.4 Å². The normalized spacial score (nSPS) is 12.4. The highest BCUT2D eigenvalue weighted by Gasteiger charge is 2.26. The number of hydrogen-bond donors (Lipinski definition) is 3. The lowest BCUT2D eigenvalue weighted by atomic mass is 10.1. The third-order valence-corrected chi connectivity index (χ3v) is 7.51. The first-order valence-electron chi connectivity index (χ1n) is 10.8. The zero-order valence-electron chi connectivity index (χ0n) is 18.6. The van der Waals surface area contributed by atoms with E-state index in [0.29, 0.717) is 17.0 Å². The van der Waals surface area contributed by atoms with Crippen LogP contribution in [-0.2, 0) is 11.3 Å². The van der Waals surface area contributed by atoms with Crippen LogP contribution >= 0.6 is 35.3 Å². The Morgan fingerprint density at radius 2 is 2.00 bits per heavy atom. The Morgan fingerprint density at radius 3 is 2.70 bits per heavy atom. The van der Waals surface area contributed by atoms with Crippen molar-refractivity contribution in [1.82, 2.24) is 9.88 Å². The van der Waals surface area contributed by atoms with E-state index in [9.17, 15) is 14.7 Å². The van der Waals surface area contributed by atoms with Gasteiger partial charge in [-0.3, -0.25) is 14.2 Å². The summed E-state index contributed by atoms with van der Waals surface area (Å²) in [6.07, 6.45) is 5.60. The van der Waals surface area contributed by atoms with Gasteiger partial charge in [-0.15, -0.1) is 11.3 Å². The number of thioether (sulfide) groups is 1. The van der Waals surface area contributed by atoms with Gasteiger partial charge in [0.15, 0.2) is 3.95 Å². The van der Waals surface area contributed by atoms with Crippen LogP contribution in [0.4, 0.5) is 5.69 Å². The lowest BCUT2D eigenvalue weighted by Crippen LogP contribution is -2.25. The SMILES string of the molecule is CCCCNC(=O)c1ccc2c(c1)N(CCCC)C(=C=Cc1sc(=S)n(CC(=O)O)c1O)S2. The van der Waals surface area contributed by atoms with Crippen molar-refractivity contribution in [3.63, 3.8) is 0 Å². The number of carbonyl (C=O) groups excluding carboxylic acids is 1. The highest BCUT2D eigenvalue weighted by atomic mass is 32.2. The van der Waals surface area contributed by atoms with E-state index in [0.717, 1.165) is 59.2 Å². The number of nitrogens with zero attached hydrogens (tertiary/aromatic N) is 2. The van der Waals surface area contributed by atoms with E-state index in [2.05, 4.69) is 29.8 Å². The molecule has 0 unspecified atom stereocenters. The molecule has 1 aliphatic rings. The molecule has 1 aromatic carbocycles. The molecule has 0 atom stereocenters. The van der Waals surface area contributed by atoms with Gasteiger partial charge >= 0.3 is 5.97 Å². The van der Waals surface area contributed by atoms with Gasteiger partial charge in [0, 0.05) is 29.6 Å². The molecule has 0 bridgehead atoms. The maximum Gasteiger partial charge on any atom is 0.323 e. The quantitative estimate of drug-likeness (QED) is 0.224. The molecule has 3 rings (SSSR count). The molecule has 1 aliphatic heterocycles. The molecule has 2 aromatic rings. The smallest absolute Gasteiger partial charge is 0.323 e. The van der Waals surface area contributed by atoms with Gasteiger partial charge in [-0.05, 0) is 43.3 Å². The van der Waals surface area contributed by atoms with Crippen molar-refractivity contribution in [3.8, 4) is 5.88 Å². The zero-order valence-corrected chi connectivity index (χ0v) is 21.0. The maximum absolute atomic E-state index is 12.5. The van der Waals surface area contributed by atoms with Crippen molar-refractivity contribution in [2.24, 2.45) is 0 Å². The van der Waals surface area contributed by atoms with Crippen LogP contribution in [-0.4, -0.2) is 39.7 Å². The van der Waals surface area contributed by atoms with Crippen LogP contribution in [0.1, 0.15) is 54.8 Å². The highest BCUT2D eigenvalue weighted by molar-refractivity contribution is 8.03. The Bertz CT molecular complexity index is 1160. The standard InChI is InChI=1S/C23H27N3O4S3/c1-3-5-11-24-21(29)15-7-8-17-16(13-15)25(12-6-4-2)19(32-17)10-9-18-22(30)26(14-20(27)28)23(31)33-18/h7-9,13,30H,3-6,11-12,14H2,1-2H3,(H,24,29)(H,27,28). The predicted molar refractivity (Wildman–Crippen MR) is 136 cm³/mol. The van der Waals surface area contributed by atoms with E-state index in [1.165, 1.54) is 4.57 Å². The monoisotopic (exact) mass is 505 g/mol. The van der Waals surface area contributed by atoms with Crippen LogP contribution in [0.25, 0.3) is 6.08 Å². The van der Waals surface area contributed by atoms with E-state index >= 15 is 0 Å². The van der Waals surface area contributed by atoms with Gasteiger partial charge in [-0.1, -0.05) is 44.2 Å². The largest absolute Gasteiger partial charge is 0.493 e. The number of carboxylic acids is 1. The number of aromatic hydroxyl groups is 1. The summed E-state index contributed by atoms with van der Waals surface area (Å²) in [4.78, 5) is 27.2. The molecule has 1 aromatic heterocycles. The first kappa shape index (κ1) is 25.1. The number of anilines is 1. The van der Waals surface area contributed by atoms with E-state index in [4.69, 9.17) is 17.3 Å². The molecule has 0 saturated carbocycles. The number of thiazole rings is 1. The number of rotatable bonds is 10. The van der Waals surface area contributed by atoms with Crippen molar-refractivity contribution in [2.45, 2.75) is 51.0 Å². The second-order valence-corrected chi connectivity index (χ2v) is 10.2. The molecule has 0 aliphatic carbocycles. The molecule has 3 N–H and O–H groups in total. The fourth-order valence-electron chi connectivity index (χ4n) is 3.26. The van der Waals surface area contributed by atoms with E-state index in [-0.39, 0.29) is 15.7 Å². The van der Waals surface area contributed by atoms with Gasteiger partial charge in [0.1, 0.15) is 11.6 Å². The average Bonchev–Trinajstić information content (AvgIpc) is 3.26. The first-order chi connectivity index (χ1) is 15.8. The van der Waals surface area contributed by atoms with Crippen molar-refractivity contribution >= 4 is 59.0 Å². The summed E-state index contributed by atoms with van der Waals surface area (Å²) in [5.74, 6) is -1.33. The zero-order chi connectivity index (χ0) is 24.0. The number of carboxylic acid groups (broad SMARTS) is 1. The van der Waals surface area contributed by atoms with Crippen LogP contribution in [0.15, 0.2) is 33.9 Å². The average molecular weight is 506 g/mol. The van der Waals surface area contributed by atoms with Gasteiger partial charge in [-0.25, -0.2) is 0 Å². The van der Waals surface area contributed by atoms with Gasteiger partial charge in [0.2, 0.25) is 5.88 Å². The van der Waals surface area contributed by atoms with E-state index < -0.39 is 12.5 Å². The number of benzene rings is 1. The molecular weight excluding hydrogens is 478 g/mol. The lowest BCUT2D eigenvalue weighted by molar-refractivity contribution is -0.137. The van der Waals surface area contributed by atoms with Crippen molar-refractivity contribution < 1.29 is 19.8 Å². The third-order valence-electron chi connectivity index (χ3n) is 5.03. The summed E-state index contributed by atoms with van der Waals surface area (Å²) in [5.41, 5.74) is 4.84. The molecule has 176 valence electrons.